The van der Waals surface area contributed by atoms with Gasteiger partial charge in [-0.05, 0) is 13.3 Å². The summed E-state index contributed by atoms with van der Waals surface area (Å²) in [7, 11) is -3.50. The van der Waals surface area contributed by atoms with E-state index in [2.05, 4.69) is 0 Å². The fourth-order valence-electron chi connectivity index (χ4n) is 2.00. The van der Waals surface area contributed by atoms with Gasteiger partial charge in [0.1, 0.15) is 0 Å². The summed E-state index contributed by atoms with van der Waals surface area (Å²) < 4.78 is 26.9. The number of hydrogen-bond acceptors (Lipinski definition) is 3. The maximum atomic E-state index is 12.2. The zero-order valence-electron chi connectivity index (χ0n) is 10.5. The standard InChI is InChI=1S/C10H20N2O4S/c1-4-11(5-2)17(15,16)12-7-6-10(3,8-12)9(13)14/h4-8H2,1-3H3,(H,13,14). The van der Waals surface area contributed by atoms with Crippen molar-refractivity contribution in [1.82, 2.24) is 8.61 Å². The number of carboxylic acid groups (broad SMARTS) is 1. The van der Waals surface area contributed by atoms with Crippen LogP contribution >= 0.6 is 0 Å². The summed E-state index contributed by atoms with van der Waals surface area (Å²) in [5, 5.41) is 9.07. The molecule has 7 heteroatoms. The molecule has 17 heavy (non-hydrogen) atoms. The minimum atomic E-state index is -3.50. The van der Waals surface area contributed by atoms with Gasteiger partial charge in [-0.2, -0.15) is 17.0 Å². The summed E-state index contributed by atoms with van der Waals surface area (Å²) in [4.78, 5) is 11.1. The molecule has 1 saturated heterocycles. The summed E-state index contributed by atoms with van der Waals surface area (Å²) in [6.45, 7) is 6.27. The van der Waals surface area contributed by atoms with Crippen LogP contribution in [0.3, 0.4) is 0 Å². The van der Waals surface area contributed by atoms with E-state index in [1.807, 2.05) is 0 Å². The van der Waals surface area contributed by atoms with Crippen molar-refractivity contribution in [3.63, 3.8) is 0 Å². The average molecular weight is 264 g/mol. The molecule has 0 spiro atoms. The molecular weight excluding hydrogens is 244 g/mol. The molecular formula is C10H20N2O4S. The maximum Gasteiger partial charge on any atom is 0.310 e. The summed E-state index contributed by atoms with van der Waals surface area (Å²) >= 11 is 0. The molecule has 1 rings (SSSR count). The third kappa shape index (κ3) is 2.61. The first-order valence-corrected chi connectivity index (χ1v) is 7.16. The van der Waals surface area contributed by atoms with E-state index in [1.165, 1.54) is 8.61 Å². The number of carboxylic acids is 1. The van der Waals surface area contributed by atoms with Crippen LogP contribution in [0.25, 0.3) is 0 Å². The van der Waals surface area contributed by atoms with Gasteiger partial charge < -0.3 is 5.11 Å². The highest BCUT2D eigenvalue weighted by molar-refractivity contribution is 7.86. The lowest BCUT2D eigenvalue weighted by Crippen LogP contribution is -2.44. The van der Waals surface area contributed by atoms with E-state index < -0.39 is 21.6 Å². The van der Waals surface area contributed by atoms with Crippen LogP contribution < -0.4 is 0 Å². The van der Waals surface area contributed by atoms with E-state index in [9.17, 15) is 13.2 Å². The lowest BCUT2D eigenvalue weighted by Gasteiger charge is -2.26. The van der Waals surface area contributed by atoms with Crippen molar-refractivity contribution in [3.05, 3.63) is 0 Å². The van der Waals surface area contributed by atoms with Crippen LogP contribution in [0.2, 0.25) is 0 Å². The van der Waals surface area contributed by atoms with Gasteiger partial charge in [0.05, 0.1) is 5.41 Å². The monoisotopic (exact) mass is 264 g/mol. The Hall–Kier alpha value is -0.660. The number of nitrogens with zero attached hydrogens (tertiary/aromatic N) is 2. The minimum Gasteiger partial charge on any atom is -0.481 e. The Morgan fingerprint density at radius 1 is 1.41 bits per heavy atom. The van der Waals surface area contributed by atoms with Crippen molar-refractivity contribution >= 4 is 16.2 Å². The summed E-state index contributed by atoms with van der Waals surface area (Å²) in [6.07, 6.45) is 0.364. The van der Waals surface area contributed by atoms with Crippen molar-refractivity contribution in [1.29, 1.82) is 0 Å². The van der Waals surface area contributed by atoms with Gasteiger partial charge in [0.15, 0.2) is 0 Å². The van der Waals surface area contributed by atoms with Crippen LogP contribution in [-0.2, 0) is 15.0 Å². The van der Waals surface area contributed by atoms with Crippen LogP contribution in [0.5, 0.6) is 0 Å². The van der Waals surface area contributed by atoms with E-state index in [-0.39, 0.29) is 13.1 Å². The van der Waals surface area contributed by atoms with Gasteiger partial charge in [0.25, 0.3) is 10.2 Å². The van der Waals surface area contributed by atoms with Gasteiger partial charge in [-0.3, -0.25) is 4.79 Å². The number of carbonyl (C=O) groups is 1. The molecule has 0 bridgehead atoms. The van der Waals surface area contributed by atoms with Crippen LogP contribution in [-0.4, -0.2) is 54.3 Å². The topological polar surface area (TPSA) is 77.9 Å². The molecule has 0 aromatic carbocycles. The average Bonchev–Trinajstić information content (AvgIpc) is 2.64. The highest BCUT2D eigenvalue weighted by Gasteiger charge is 2.45. The van der Waals surface area contributed by atoms with E-state index >= 15 is 0 Å². The van der Waals surface area contributed by atoms with Crippen LogP contribution in [0.15, 0.2) is 0 Å². The van der Waals surface area contributed by atoms with Crippen LogP contribution in [0.4, 0.5) is 0 Å². The number of aliphatic carboxylic acids is 1. The molecule has 0 aliphatic carbocycles. The van der Waals surface area contributed by atoms with Crippen LogP contribution in [0, 0.1) is 5.41 Å². The molecule has 1 N–H and O–H groups in total. The molecule has 100 valence electrons. The molecule has 1 heterocycles. The maximum absolute atomic E-state index is 12.2. The summed E-state index contributed by atoms with van der Waals surface area (Å²) in [5.74, 6) is -0.935. The highest BCUT2D eigenvalue weighted by atomic mass is 32.2. The quantitative estimate of drug-likeness (QED) is 0.778. The smallest absolute Gasteiger partial charge is 0.310 e. The second-order valence-electron chi connectivity index (χ2n) is 4.54. The van der Waals surface area contributed by atoms with Gasteiger partial charge in [0.2, 0.25) is 0 Å². The summed E-state index contributed by atoms with van der Waals surface area (Å²) in [6, 6.07) is 0. The molecule has 1 atom stereocenters. The fraction of sp³-hybridized carbons (Fsp3) is 0.900. The van der Waals surface area contributed by atoms with Gasteiger partial charge in [-0.1, -0.05) is 13.8 Å². The summed E-state index contributed by atoms with van der Waals surface area (Å²) in [5.41, 5.74) is -0.958. The van der Waals surface area contributed by atoms with Crippen molar-refractivity contribution in [2.24, 2.45) is 5.41 Å². The third-order valence-corrected chi connectivity index (χ3v) is 5.45. The zero-order valence-corrected chi connectivity index (χ0v) is 11.3. The SMILES string of the molecule is CCN(CC)S(=O)(=O)N1CCC(C)(C(=O)O)C1. The van der Waals surface area contributed by atoms with E-state index in [0.717, 1.165) is 0 Å². The Morgan fingerprint density at radius 3 is 2.29 bits per heavy atom. The fourth-order valence-corrected chi connectivity index (χ4v) is 3.75. The Labute approximate surface area is 102 Å². The lowest BCUT2D eigenvalue weighted by atomic mass is 9.90. The van der Waals surface area contributed by atoms with Crippen molar-refractivity contribution < 1.29 is 18.3 Å². The molecule has 1 aliphatic rings. The predicted octanol–water partition coefficient (Wildman–Crippen LogP) is 0.370. The molecule has 0 aromatic rings. The van der Waals surface area contributed by atoms with Crippen molar-refractivity contribution in [2.75, 3.05) is 26.2 Å². The van der Waals surface area contributed by atoms with Crippen molar-refractivity contribution in [2.45, 2.75) is 27.2 Å². The van der Waals surface area contributed by atoms with E-state index in [4.69, 9.17) is 5.11 Å². The van der Waals surface area contributed by atoms with Crippen molar-refractivity contribution in [3.8, 4) is 0 Å². The first-order chi connectivity index (χ1) is 7.78. The van der Waals surface area contributed by atoms with Gasteiger partial charge >= 0.3 is 5.97 Å². The normalized spacial score (nSPS) is 26.6. The molecule has 1 unspecified atom stereocenters. The Kier molecular flexibility index (Phi) is 4.16. The molecule has 0 aromatic heterocycles. The second-order valence-corrected chi connectivity index (χ2v) is 6.47. The molecule has 6 nitrogen and oxygen atoms in total. The first kappa shape index (κ1) is 14.4. The molecule has 0 radical (unpaired) electrons. The highest BCUT2D eigenvalue weighted by Crippen LogP contribution is 2.32. The zero-order chi connectivity index (χ0) is 13.3. The first-order valence-electron chi connectivity index (χ1n) is 5.76. The van der Waals surface area contributed by atoms with E-state index in [0.29, 0.717) is 19.5 Å². The minimum absolute atomic E-state index is 0.0567. The number of hydrogen-bond donors (Lipinski definition) is 1. The Balaban J connectivity index is 2.88. The molecule has 1 aliphatic heterocycles. The molecule has 1 fully saturated rings. The van der Waals surface area contributed by atoms with E-state index in [1.54, 1.807) is 20.8 Å². The van der Waals surface area contributed by atoms with Gasteiger partial charge in [-0.25, -0.2) is 0 Å². The van der Waals surface area contributed by atoms with Gasteiger partial charge in [-0.15, -0.1) is 0 Å². The second kappa shape index (κ2) is 4.91. The molecule has 0 saturated carbocycles. The lowest BCUT2D eigenvalue weighted by molar-refractivity contribution is -0.146. The Morgan fingerprint density at radius 2 is 1.94 bits per heavy atom. The molecule has 0 amide bonds. The Bertz CT molecular complexity index is 391. The third-order valence-electron chi connectivity index (χ3n) is 3.31. The largest absolute Gasteiger partial charge is 0.481 e. The van der Waals surface area contributed by atoms with Gasteiger partial charge in [0, 0.05) is 26.2 Å². The number of rotatable bonds is 5. The van der Waals surface area contributed by atoms with Crippen LogP contribution in [0.1, 0.15) is 27.2 Å². The predicted molar refractivity (Wildman–Crippen MR) is 63.8 cm³/mol.